The van der Waals surface area contributed by atoms with Crippen molar-refractivity contribution in [2.45, 2.75) is 106 Å². The molecule has 19 aromatic rings. The molecule has 1 fully saturated rings. The highest BCUT2D eigenvalue weighted by Crippen LogP contribution is 2.50. The van der Waals surface area contributed by atoms with E-state index < -0.39 is 17.4 Å². The van der Waals surface area contributed by atoms with Crippen LogP contribution in [-0.2, 0) is 39.3 Å². The summed E-state index contributed by atoms with van der Waals surface area (Å²) in [7, 11) is 2.80. The van der Waals surface area contributed by atoms with Crippen LogP contribution in [0.3, 0.4) is 0 Å². The zero-order valence-electron chi connectivity index (χ0n) is 71.8. The van der Waals surface area contributed by atoms with Crippen molar-refractivity contribution in [1.29, 1.82) is 0 Å². The van der Waals surface area contributed by atoms with Gasteiger partial charge < -0.3 is 50.9 Å². The van der Waals surface area contributed by atoms with Gasteiger partial charge in [0.2, 0.25) is 0 Å². The number of esters is 2. The molecule has 1 atom stereocenters. The number of hydrogen-bond acceptors (Lipinski definition) is 21. The molecule has 0 amide bonds. The quantitative estimate of drug-likeness (QED) is 0.0580. The molecule has 16 aromatic heterocycles. The summed E-state index contributed by atoms with van der Waals surface area (Å²) in [4.78, 5) is 71.6. The minimum absolute atomic E-state index is 0.00694. The van der Waals surface area contributed by atoms with E-state index in [1.807, 2.05) is 167 Å². The maximum atomic E-state index is 14.4. The molecule has 16 heterocycles. The molecule has 0 radical (unpaired) electrons. The maximum absolute atomic E-state index is 14.4. The van der Waals surface area contributed by atoms with Crippen LogP contribution in [0.5, 0.6) is 0 Å². The van der Waals surface area contributed by atoms with Crippen LogP contribution in [0.15, 0.2) is 244 Å². The van der Waals surface area contributed by atoms with Gasteiger partial charge in [-0.25, -0.2) is 22.8 Å². The minimum atomic E-state index is -0.989. The van der Waals surface area contributed by atoms with E-state index >= 15 is 0 Å². The van der Waals surface area contributed by atoms with E-state index in [-0.39, 0.29) is 48.1 Å². The first-order chi connectivity index (χ1) is 62.3. The summed E-state index contributed by atoms with van der Waals surface area (Å²) < 4.78 is 83.0. The fourth-order valence-corrected chi connectivity index (χ4v) is 17.3. The number of rotatable bonds is 19. The third-order valence-electron chi connectivity index (χ3n) is 23.2. The Morgan fingerprint density at radius 3 is 1.16 bits per heavy atom. The molecule has 1 aliphatic rings. The Morgan fingerprint density at radius 1 is 0.426 bits per heavy atom. The number of fused-ring (bicyclic) bond motifs is 4. The van der Waals surface area contributed by atoms with Gasteiger partial charge in [-0.15, -0.1) is 0 Å². The van der Waals surface area contributed by atoms with Gasteiger partial charge in [0.1, 0.15) is 46.0 Å². The minimum Gasteiger partial charge on any atom is -0.478 e. The van der Waals surface area contributed by atoms with E-state index in [0.717, 1.165) is 178 Å². The maximum Gasteiger partial charge on any atom is 0.337 e. The van der Waals surface area contributed by atoms with E-state index in [9.17, 15) is 32.7 Å². The fraction of sp³-hybridized carbons (Fsp3) is 0.182. The van der Waals surface area contributed by atoms with Gasteiger partial charge in [0, 0.05) is 136 Å². The van der Waals surface area contributed by atoms with Crippen LogP contribution < -0.4 is 0 Å². The lowest BCUT2D eigenvalue weighted by atomic mass is 9.94. The Labute approximate surface area is 749 Å². The summed E-state index contributed by atoms with van der Waals surface area (Å²) in [6.45, 7) is 18.0. The van der Waals surface area contributed by atoms with E-state index in [4.69, 9.17) is 42.5 Å². The zero-order valence-corrected chi connectivity index (χ0v) is 73.9. The van der Waals surface area contributed by atoms with Gasteiger partial charge in [-0.05, 0) is 217 Å². The Hall–Kier alpha value is -15.2. The van der Waals surface area contributed by atoms with Crippen molar-refractivity contribution in [3.8, 4) is 77.9 Å². The first kappa shape index (κ1) is 85.9. The van der Waals surface area contributed by atoms with Gasteiger partial charge in [0.05, 0.1) is 144 Å². The normalized spacial score (nSPS) is 12.3. The predicted octanol–water partition coefficient (Wildman–Crippen LogP) is 21.3. The number of aromatic nitrogens is 16. The molecular formula is C99H82F3IN16O10. The molecule has 0 saturated heterocycles. The van der Waals surface area contributed by atoms with Gasteiger partial charge in [-0.3, -0.25) is 44.7 Å². The largest absolute Gasteiger partial charge is 0.478 e. The summed E-state index contributed by atoms with van der Waals surface area (Å²) in [5, 5.41) is 25.4. The Kier molecular flexibility index (Phi) is 24.0. The average Bonchev–Trinajstić information content (AvgIpc) is 1.59. The third-order valence-corrected chi connectivity index (χ3v) is 24.0. The Balaban J connectivity index is 0.000000122. The summed E-state index contributed by atoms with van der Waals surface area (Å²) >= 11 is 2.24. The van der Waals surface area contributed by atoms with Crippen LogP contribution in [0.2, 0.25) is 0 Å². The molecule has 0 spiro atoms. The highest BCUT2D eigenvalue weighted by molar-refractivity contribution is 14.1. The molecule has 129 heavy (non-hydrogen) atoms. The van der Waals surface area contributed by atoms with Crippen molar-refractivity contribution in [3.63, 3.8) is 0 Å². The molecule has 1 aliphatic carbocycles. The van der Waals surface area contributed by atoms with Crippen molar-refractivity contribution in [2.75, 3.05) is 14.2 Å². The van der Waals surface area contributed by atoms with E-state index in [1.165, 1.54) is 32.4 Å². The lowest BCUT2D eigenvalue weighted by molar-refractivity contribution is -0.143. The third kappa shape index (κ3) is 17.1. The molecule has 0 unspecified atom stereocenters. The van der Waals surface area contributed by atoms with Crippen molar-refractivity contribution >= 4 is 84.6 Å². The highest BCUT2D eigenvalue weighted by Gasteiger charge is 2.52. The van der Waals surface area contributed by atoms with Crippen LogP contribution in [-0.4, -0.2) is 116 Å². The van der Waals surface area contributed by atoms with Gasteiger partial charge in [0.25, 0.3) is 0 Å². The second-order valence-electron chi connectivity index (χ2n) is 31.4. The molecule has 3 aromatic carbocycles. The number of carbonyl (C=O) groups is 3. The van der Waals surface area contributed by atoms with Crippen LogP contribution in [0, 0.1) is 76.4 Å². The van der Waals surface area contributed by atoms with Crippen LogP contribution in [0.1, 0.15) is 121 Å². The SMILES string of the molecule is COC(=O)C1(c2ccc(-c3cn([C@@H](C)c4ccccn4)c4cc(-c5c(C)noc5C)cnc34)cc2)CC1.COC(=O)c1ccc(-c2cn(Cc3ncccc3F)c3cc(-c4c(C)noc4C)cnc23)cc1.Cc1noc(C)c1-c1cnc2c(-c3ccc(C(=O)O)cc3)cn(Cc3ncccc3F)c2c1.Cc1noc(C)c1-c1cnc2c(I)cn(Cc3ncccc3F)c2c1. The van der Waals surface area contributed by atoms with Crippen molar-refractivity contribution < 1.29 is 60.2 Å². The summed E-state index contributed by atoms with van der Waals surface area (Å²) in [5.41, 5.74) is 25.8. The van der Waals surface area contributed by atoms with Crippen LogP contribution in [0.25, 0.3) is 122 Å². The molecular weight excluding hydrogens is 1760 g/mol. The molecule has 30 heteroatoms. The second kappa shape index (κ2) is 36.0. The molecule has 1 saturated carbocycles. The number of benzene rings is 3. The number of pyridine rings is 8. The number of nitrogens with zero attached hydrogens (tertiary/aromatic N) is 16. The molecule has 1 N–H and O–H groups in total. The van der Waals surface area contributed by atoms with E-state index in [2.05, 4.69) is 104 Å². The Bertz CT molecular complexity index is 7400. The van der Waals surface area contributed by atoms with Crippen molar-refractivity contribution in [1.82, 2.24) is 78.8 Å². The first-order valence-corrected chi connectivity index (χ1v) is 42.2. The molecule has 646 valence electrons. The Morgan fingerprint density at radius 2 is 0.791 bits per heavy atom. The topological polar surface area (TPSA) is 317 Å². The first-order valence-electron chi connectivity index (χ1n) is 41.1. The van der Waals surface area contributed by atoms with Crippen LogP contribution >= 0.6 is 22.6 Å². The average molecular weight is 1840 g/mol. The van der Waals surface area contributed by atoms with Gasteiger partial charge in [0.15, 0.2) is 0 Å². The monoisotopic (exact) mass is 1840 g/mol. The van der Waals surface area contributed by atoms with Gasteiger partial charge in [-0.1, -0.05) is 75.2 Å². The van der Waals surface area contributed by atoms with Crippen LogP contribution in [0.4, 0.5) is 13.2 Å². The standard InChI is InChI=1S/C30H28N4O3.C26H21FN4O3.C25H19FN4O3.C18H14FIN4O/c1-18-27(20(3)37-33-18)22-15-26-28(32-16-22)24(17-34(26)19(2)25-7-5-6-14-31-25)21-8-10-23(11-9-21)30(12-13-30)29(35)36-4;1-15-24(16(2)34-30-15)19-11-23-25(29-12-19)20(17-6-8-18(9-7-17)26(32)33-3)13-31(23)14-22-21(27)5-4-10-28-22;1-14-23(15(2)33-29-14)18-10-22-24(28-11-18)19(16-5-7-17(8-6-16)25(31)32)12-30(22)13-21-20(26)4-3-9-27-21;1-10-17(11(2)25-23-10)12-6-16-18(22-7-12)14(20)8-24(16)9-15-13(19)4-3-5-21-15/h5-11,14-17,19H,12-13H2,1-4H3;4-13H,14H2,1-3H3;3-12H,13H2,1-2H3,(H,31,32);3-8H,9H2,1-2H3/t19-;;;/m0.../s1. The number of aromatic carboxylic acids is 1. The van der Waals surface area contributed by atoms with Gasteiger partial charge >= 0.3 is 17.9 Å². The lowest BCUT2D eigenvalue weighted by Gasteiger charge is -2.15. The van der Waals surface area contributed by atoms with Crippen molar-refractivity contribution in [3.05, 3.63) is 332 Å². The number of hydrogen-bond donors (Lipinski definition) is 1. The number of halogens is 4. The number of ether oxygens (including phenoxy) is 2. The van der Waals surface area contributed by atoms with E-state index in [0.29, 0.717) is 46.2 Å². The number of aryl methyl sites for hydroxylation is 8. The number of methoxy groups -OCH3 is 2. The van der Waals surface area contributed by atoms with Gasteiger partial charge in [-0.2, -0.15) is 0 Å². The van der Waals surface area contributed by atoms with E-state index in [1.54, 1.807) is 85.6 Å². The fourth-order valence-electron chi connectivity index (χ4n) is 16.5. The summed E-state index contributed by atoms with van der Waals surface area (Å²) in [6, 6.07) is 45.0. The number of carboxylic acid groups (broad SMARTS) is 1. The molecule has 0 aliphatic heterocycles. The predicted molar refractivity (Wildman–Crippen MR) is 487 cm³/mol. The lowest BCUT2D eigenvalue weighted by Crippen LogP contribution is -2.21. The molecule has 20 rings (SSSR count). The highest BCUT2D eigenvalue weighted by atomic mass is 127. The van der Waals surface area contributed by atoms with Crippen molar-refractivity contribution in [2.24, 2.45) is 0 Å². The molecule has 0 bridgehead atoms. The smallest absolute Gasteiger partial charge is 0.337 e. The second-order valence-corrected chi connectivity index (χ2v) is 32.6. The number of carboxylic acids is 1. The number of carbonyl (C=O) groups excluding carboxylic acids is 2. The summed E-state index contributed by atoms with van der Waals surface area (Å²) in [5.74, 6) is 0.289. The summed E-state index contributed by atoms with van der Waals surface area (Å²) in [6.07, 6.45) is 23.4. The molecule has 26 nitrogen and oxygen atoms in total. The zero-order chi connectivity index (χ0) is 90.2.